The number of nitrogens with zero attached hydrogens (tertiary/aromatic N) is 4. The highest BCUT2D eigenvalue weighted by Crippen LogP contribution is 2.28. The Morgan fingerprint density at radius 3 is 2.62 bits per heavy atom. The predicted molar refractivity (Wildman–Crippen MR) is 98.3 cm³/mol. The van der Waals surface area contributed by atoms with Crippen LogP contribution in [0.5, 0.6) is 5.75 Å². The van der Waals surface area contributed by atoms with Gasteiger partial charge in [0.2, 0.25) is 0 Å². The minimum atomic E-state index is 0. The van der Waals surface area contributed by atoms with Crippen LogP contribution in [0, 0.1) is 11.8 Å². The highest BCUT2D eigenvalue weighted by molar-refractivity contribution is 5.90. The summed E-state index contributed by atoms with van der Waals surface area (Å²) in [6.07, 6.45) is 0. The first-order valence-corrected chi connectivity index (χ1v) is 7.45. The summed E-state index contributed by atoms with van der Waals surface area (Å²) < 4.78 is 0. The Hall–Kier alpha value is -2.60. The molecule has 7 heteroatoms. The number of hydrogen-bond donors (Lipinski definition) is 1. The van der Waals surface area contributed by atoms with Crippen molar-refractivity contribution in [3.8, 4) is 5.75 Å². The third-order valence-electron chi connectivity index (χ3n) is 3.79. The molecule has 1 heterocycles. The third-order valence-corrected chi connectivity index (χ3v) is 3.79. The van der Waals surface area contributed by atoms with Crippen molar-refractivity contribution in [1.82, 2.24) is 5.01 Å². The van der Waals surface area contributed by atoms with E-state index in [2.05, 4.69) is 10.3 Å². The number of phenolic OH excluding ortho intramolecular Hbond substituents is 1. The quantitative estimate of drug-likeness (QED) is 0.839. The number of phenols is 1. The maximum atomic E-state index is 10.9. The van der Waals surface area contributed by atoms with Crippen LogP contribution >= 0.6 is 12.4 Å². The van der Waals surface area contributed by atoms with Crippen molar-refractivity contribution in [2.24, 2.45) is 10.3 Å². The maximum Gasteiger partial charge on any atom is 0.143 e. The minimum Gasteiger partial charge on any atom is -0.508 e. The zero-order valence-electron chi connectivity index (χ0n) is 13.3. The lowest BCUT2D eigenvalue weighted by Crippen LogP contribution is -2.33. The summed E-state index contributed by atoms with van der Waals surface area (Å²) in [6, 6.07) is 15.1. The highest BCUT2D eigenvalue weighted by Gasteiger charge is 2.21. The molecule has 0 saturated carbocycles. The molecule has 0 fully saturated rings. The van der Waals surface area contributed by atoms with Crippen molar-refractivity contribution in [2.75, 3.05) is 24.5 Å². The van der Waals surface area contributed by atoms with Crippen molar-refractivity contribution < 1.29 is 5.11 Å². The Balaban J connectivity index is 0.00000208. The molecule has 0 amide bonds. The van der Waals surface area contributed by atoms with Crippen LogP contribution in [0.1, 0.15) is 5.56 Å². The van der Waals surface area contributed by atoms with Crippen molar-refractivity contribution in [3.05, 3.63) is 59.0 Å². The van der Waals surface area contributed by atoms with E-state index in [-0.39, 0.29) is 18.2 Å². The van der Waals surface area contributed by atoms with Crippen LogP contribution in [0.25, 0.3) is 0 Å². The summed E-state index contributed by atoms with van der Waals surface area (Å²) in [5.41, 5.74) is 2.95. The van der Waals surface area contributed by atoms with Crippen LogP contribution in [-0.4, -0.2) is 35.6 Å². The Kier molecular flexibility index (Phi) is 5.76. The van der Waals surface area contributed by atoms with E-state index < -0.39 is 0 Å². The zero-order valence-corrected chi connectivity index (χ0v) is 14.1. The van der Waals surface area contributed by atoms with Gasteiger partial charge in [0.05, 0.1) is 24.9 Å². The molecule has 0 bridgehead atoms. The Labute approximate surface area is 146 Å². The average Bonchev–Trinajstić information content (AvgIpc) is 3.01. The number of nitroso groups, excluding NO2 is 1. The van der Waals surface area contributed by atoms with Gasteiger partial charge in [0.25, 0.3) is 0 Å². The second kappa shape index (κ2) is 7.79. The summed E-state index contributed by atoms with van der Waals surface area (Å²) in [4.78, 5) is 17.3. The van der Waals surface area contributed by atoms with Crippen LogP contribution in [-0.2, 0) is 0 Å². The number of halogens is 1. The number of hydrogen-bond acceptors (Lipinski definition) is 5. The van der Waals surface area contributed by atoms with Gasteiger partial charge in [0, 0.05) is 17.4 Å². The van der Waals surface area contributed by atoms with E-state index in [1.807, 2.05) is 42.2 Å². The van der Waals surface area contributed by atoms with Crippen LogP contribution < -0.4 is 4.90 Å². The predicted octanol–water partition coefficient (Wildman–Crippen LogP) is 3.66. The van der Waals surface area contributed by atoms with E-state index in [0.717, 1.165) is 11.4 Å². The SMILES string of the molecule is Cc1ccc(N(CC2=NCCN2N=O)c2cccc(O)c2)cc1.Cl. The van der Waals surface area contributed by atoms with E-state index >= 15 is 0 Å². The number of aryl methyl sites for hydroxylation is 1. The van der Waals surface area contributed by atoms with Gasteiger partial charge < -0.3 is 10.0 Å². The number of aromatic hydroxyl groups is 1. The second-order valence-electron chi connectivity index (χ2n) is 5.44. The first kappa shape index (κ1) is 17.7. The fraction of sp³-hybridized carbons (Fsp3) is 0.235. The Morgan fingerprint density at radius 1 is 1.21 bits per heavy atom. The summed E-state index contributed by atoms with van der Waals surface area (Å²) in [7, 11) is 0. The molecule has 0 atom stereocenters. The van der Waals surface area contributed by atoms with E-state index in [0.29, 0.717) is 25.5 Å². The molecular formula is C17H19ClN4O2. The van der Waals surface area contributed by atoms with Crippen LogP contribution in [0.4, 0.5) is 11.4 Å². The largest absolute Gasteiger partial charge is 0.508 e. The van der Waals surface area contributed by atoms with E-state index in [1.165, 1.54) is 10.6 Å². The minimum absolute atomic E-state index is 0. The fourth-order valence-electron chi connectivity index (χ4n) is 2.56. The first-order valence-electron chi connectivity index (χ1n) is 7.45. The fourth-order valence-corrected chi connectivity index (χ4v) is 2.56. The van der Waals surface area contributed by atoms with Gasteiger partial charge >= 0.3 is 0 Å². The molecule has 126 valence electrons. The Morgan fingerprint density at radius 2 is 1.96 bits per heavy atom. The third kappa shape index (κ3) is 3.83. The summed E-state index contributed by atoms with van der Waals surface area (Å²) in [5.74, 6) is 0.822. The topological polar surface area (TPSA) is 68.5 Å². The number of benzene rings is 2. The molecule has 0 saturated heterocycles. The van der Waals surface area contributed by atoms with E-state index in [9.17, 15) is 10.0 Å². The van der Waals surface area contributed by atoms with Gasteiger partial charge in [0.15, 0.2) is 0 Å². The van der Waals surface area contributed by atoms with Gasteiger partial charge in [0.1, 0.15) is 11.6 Å². The number of amidine groups is 1. The molecule has 24 heavy (non-hydrogen) atoms. The second-order valence-corrected chi connectivity index (χ2v) is 5.44. The van der Waals surface area contributed by atoms with Gasteiger partial charge in [-0.25, -0.2) is 5.01 Å². The lowest BCUT2D eigenvalue weighted by molar-refractivity contribution is 0.474. The molecule has 0 aromatic heterocycles. The molecular weight excluding hydrogens is 328 g/mol. The summed E-state index contributed by atoms with van der Waals surface area (Å²) in [6.45, 7) is 3.53. The smallest absolute Gasteiger partial charge is 0.143 e. The normalized spacial score (nSPS) is 13.2. The van der Waals surface area contributed by atoms with E-state index in [1.54, 1.807) is 18.2 Å². The average molecular weight is 347 g/mol. The number of aliphatic imine (C=N–C) groups is 1. The lowest BCUT2D eigenvalue weighted by atomic mass is 10.2. The summed E-state index contributed by atoms with van der Waals surface area (Å²) >= 11 is 0. The molecule has 0 unspecified atom stereocenters. The zero-order chi connectivity index (χ0) is 16.2. The molecule has 0 aliphatic carbocycles. The Bertz CT molecular complexity index is 734. The lowest BCUT2D eigenvalue weighted by Gasteiger charge is -2.26. The standard InChI is InChI=1S/C17H18N4O2.ClH/c1-13-5-7-14(8-6-13)20(15-3-2-4-16(22)11-15)12-17-18-9-10-21(17)19-23;/h2-8,11,22H,9-10,12H2,1H3;1H. The molecule has 6 nitrogen and oxygen atoms in total. The molecule has 1 N–H and O–H groups in total. The summed E-state index contributed by atoms with van der Waals surface area (Å²) in [5, 5.41) is 14.2. The van der Waals surface area contributed by atoms with Gasteiger partial charge in [-0.05, 0) is 31.2 Å². The van der Waals surface area contributed by atoms with Gasteiger partial charge in [-0.3, -0.25) is 4.99 Å². The molecule has 1 aliphatic heterocycles. The van der Waals surface area contributed by atoms with Crippen LogP contribution in [0.3, 0.4) is 0 Å². The van der Waals surface area contributed by atoms with Gasteiger partial charge in [-0.2, -0.15) is 0 Å². The molecule has 2 aromatic rings. The maximum absolute atomic E-state index is 10.9. The van der Waals surface area contributed by atoms with Crippen LogP contribution in [0.15, 0.2) is 58.8 Å². The van der Waals surface area contributed by atoms with Crippen molar-refractivity contribution >= 4 is 29.6 Å². The van der Waals surface area contributed by atoms with Gasteiger partial charge in [-0.1, -0.05) is 23.8 Å². The van der Waals surface area contributed by atoms with Gasteiger partial charge in [-0.15, -0.1) is 17.3 Å². The molecule has 1 aliphatic rings. The van der Waals surface area contributed by atoms with Crippen LogP contribution in [0.2, 0.25) is 0 Å². The monoisotopic (exact) mass is 346 g/mol. The highest BCUT2D eigenvalue weighted by atomic mass is 35.5. The number of rotatable bonds is 5. The molecule has 0 spiro atoms. The number of anilines is 2. The first-order chi connectivity index (χ1) is 11.2. The van der Waals surface area contributed by atoms with Crippen molar-refractivity contribution in [1.29, 1.82) is 0 Å². The van der Waals surface area contributed by atoms with Crippen molar-refractivity contribution in [2.45, 2.75) is 6.92 Å². The van der Waals surface area contributed by atoms with Crippen molar-refractivity contribution in [3.63, 3.8) is 0 Å². The molecule has 2 aromatic carbocycles. The van der Waals surface area contributed by atoms with E-state index in [4.69, 9.17) is 0 Å². The molecule has 0 radical (unpaired) electrons. The molecule has 3 rings (SSSR count).